The molecule has 0 radical (unpaired) electrons. The molecular weight excluding hydrogens is 218 g/mol. The predicted octanol–water partition coefficient (Wildman–Crippen LogP) is 2.75. The van der Waals surface area contributed by atoms with Gasteiger partial charge in [-0.25, -0.2) is 4.98 Å². The standard InChI is InChI=1S/C12H17N3S/c1-2-4-13-11(12-14-5-6-15-12)8-10-3-7-16-9-10/h3,5-7,9,11,13H,2,4,8H2,1H3,(H,14,15). The SMILES string of the molecule is CCCNC(Cc1ccsc1)c1ncc[nH]1. The van der Waals surface area contributed by atoms with Crippen LogP contribution in [0.2, 0.25) is 0 Å². The molecule has 0 saturated carbocycles. The molecule has 16 heavy (non-hydrogen) atoms. The third-order valence-corrected chi connectivity index (χ3v) is 3.24. The van der Waals surface area contributed by atoms with Crippen molar-refractivity contribution in [2.24, 2.45) is 0 Å². The van der Waals surface area contributed by atoms with E-state index in [0.29, 0.717) is 6.04 Å². The van der Waals surface area contributed by atoms with Crippen LogP contribution in [0.4, 0.5) is 0 Å². The van der Waals surface area contributed by atoms with E-state index < -0.39 is 0 Å². The van der Waals surface area contributed by atoms with E-state index in [1.54, 1.807) is 11.3 Å². The van der Waals surface area contributed by atoms with Crippen molar-refractivity contribution in [3.63, 3.8) is 0 Å². The van der Waals surface area contributed by atoms with Crippen molar-refractivity contribution < 1.29 is 0 Å². The lowest BCUT2D eigenvalue weighted by Gasteiger charge is -2.15. The van der Waals surface area contributed by atoms with Crippen LogP contribution < -0.4 is 5.32 Å². The normalized spacial score (nSPS) is 12.8. The molecule has 2 aromatic heterocycles. The topological polar surface area (TPSA) is 40.7 Å². The molecule has 0 aliphatic carbocycles. The summed E-state index contributed by atoms with van der Waals surface area (Å²) >= 11 is 1.74. The van der Waals surface area contributed by atoms with Gasteiger partial charge in [-0.1, -0.05) is 6.92 Å². The summed E-state index contributed by atoms with van der Waals surface area (Å²) in [6, 6.07) is 2.47. The van der Waals surface area contributed by atoms with Crippen LogP contribution in [0, 0.1) is 0 Å². The summed E-state index contributed by atoms with van der Waals surface area (Å²) in [6.07, 6.45) is 5.82. The van der Waals surface area contributed by atoms with Gasteiger partial charge in [0.05, 0.1) is 6.04 Å². The van der Waals surface area contributed by atoms with Gasteiger partial charge in [0.15, 0.2) is 0 Å². The highest BCUT2D eigenvalue weighted by molar-refractivity contribution is 7.07. The van der Waals surface area contributed by atoms with E-state index in [9.17, 15) is 0 Å². The molecule has 2 aromatic rings. The molecule has 86 valence electrons. The predicted molar refractivity (Wildman–Crippen MR) is 67.6 cm³/mol. The Morgan fingerprint density at radius 3 is 3.12 bits per heavy atom. The second-order valence-electron chi connectivity index (χ2n) is 3.82. The molecule has 1 unspecified atom stereocenters. The fourth-order valence-electron chi connectivity index (χ4n) is 1.70. The fraction of sp³-hybridized carbons (Fsp3) is 0.417. The number of nitrogens with one attached hydrogen (secondary N) is 2. The van der Waals surface area contributed by atoms with Crippen LogP contribution in [0.3, 0.4) is 0 Å². The van der Waals surface area contributed by atoms with Crippen LogP contribution in [0.5, 0.6) is 0 Å². The van der Waals surface area contributed by atoms with Crippen molar-refractivity contribution in [2.45, 2.75) is 25.8 Å². The first kappa shape index (κ1) is 11.4. The molecule has 0 aliphatic rings. The van der Waals surface area contributed by atoms with E-state index in [0.717, 1.165) is 25.2 Å². The van der Waals surface area contributed by atoms with Crippen LogP contribution in [-0.2, 0) is 6.42 Å². The van der Waals surface area contributed by atoms with Crippen LogP contribution in [0.15, 0.2) is 29.2 Å². The third kappa shape index (κ3) is 2.93. The average Bonchev–Trinajstić information content (AvgIpc) is 2.96. The first-order chi connectivity index (χ1) is 7.90. The second kappa shape index (κ2) is 5.82. The van der Waals surface area contributed by atoms with Gasteiger partial charge in [-0.15, -0.1) is 0 Å². The first-order valence-electron chi connectivity index (χ1n) is 5.64. The molecule has 2 heterocycles. The van der Waals surface area contributed by atoms with Crippen molar-refractivity contribution in [3.05, 3.63) is 40.6 Å². The lowest BCUT2D eigenvalue weighted by Crippen LogP contribution is -2.25. The lowest BCUT2D eigenvalue weighted by molar-refractivity contribution is 0.509. The first-order valence-corrected chi connectivity index (χ1v) is 6.58. The number of thiophene rings is 1. The molecular formula is C12H17N3S. The van der Waals surface area contributed by atoms with Crippen molar-refractivity contribution in [2.75, 3.05) is 6.54 Å². The smallest absolute Gasteiger partial charge is 0.123 e. The summed E-state index contributed by atoms with van der Waals surface area (Å²) in [5.41, 5.74) is 1.37. The summed E-state index contributed by atoms with van der Waals surface area (Å²) in [7, 11) is 0. The number of nitrogens with zero attached hydrogens (tertiary/aromatic N) is 1. The highest BCUT2D eigenvalue weighted by atomic mass is 32.1. The average molecular weight is 235 g/mol. The van der Waals surface area contributed by atoms with E-state index >= 15 is 0 Å². The van der Waals surface area contributed by atoms with Crippen molar-refractivity contribution in [3.8, 4) is 0 Å². The zero-order valence-electron chi connectivity index (χ0n) is 9.44. The van der Waals surface area contributed by atoms with Gasteiger partial charge in [0.25, 0.3) is 0 Å². The van der Waals surface area contributed by atoms with Crippen molar-refractivity contribution in [1.29, 1.82) is 0 Å². The zero-order chi connectivity index (χ0) is 11.2. The largest absolute Gasteiger partial charge is 0.347 e. The molecule has 1 atom stereocenters. The molecule has 2 rings (SSSR count). The quantitative estimate of drug-likeness (QED) is 0.808. The Balaban J connectivity index is 2.03. The highest BCUT2D eigenvalue weighted by Crippen LogP contribution is 2.17. The van der Waals surface area contributed by atoms with Gasteiger partial charge in [-0.3, -0.25) is 0 Å². The van der Waals surface area contributed by atoms with Crippen LogP contribution in [0.1, 0.15) is 30.8 Å². The minimum Gasteiger partial charge on any atom is -0.347 e. The maximum Gasteiger partial charge on any atom is 0.123 e. The van der Waals surface area contributed by atoms with E-state index in [1.165, 1.54) is 5.56 Å². The third-order valence-electron chi connectivity index (χ3n) is 2.51. The number of hydrogen-bond acceptors (Lipinski definition) is 3. The maximum absolute atomic E-state index is 4.34. The molecule has 0 aromatic carbocycles. The fourth-order valence-corrected chi connectivity index (χ4v) is 2.38. The molecule has 0 aliphatic heterocycles. The van der Waals surface area contributed by atoms with E-state index in [2.05, 4.69) is 39.0 Å². The number of H-pyrrole nitrogens is 1. The number of aromatic nitrogens is 2. The Labute approximate surface area is 99.9 Å². The van der Waals surface area contributed by atoms with Gasteiger partial charge >= 0.3 is 0 Å². The maximum atomic E-state index is 4.34. The van der Waals surface area contributed by atoms with Gasteiger partial charge in [0, 0.05) is 12.4 Å². The summed E-state index contributed by atoms with van der Waals surface area (Å²) in [5.74, 6) is 1.03. The van der Waals surface area contributed by atoms with Gasteiger partial charge in [0.1, 0.15) is 5.82 Å². The summed E-state index contributed by atoms with van der Waals surface area (Å²) in [4.78, 5) is 7.52. The lowest BCUT2D eigenvalue weighted by atomic mass is 10.1. The number of imidazole rings is 1. The molecule has 0 saturated heterocycles. The van der Waals surface area contributed by atoms with Crippen LogP contribution in [0.25, 0.3) is 0 Å². The summed E-state index contributed by atoms with van der Waals surface area (Å²) < 4.78 is 0. The molecule has 0 amide bonds. The number of hydrogen-bond donors (Lipinski definition) is 2. The van der Waals surface area contributed by atoms with E-state index in [4.69, 9.17) is 0 Å². The van der Waals surface area contributed by atoms with Crippen molar-refractivity contribution >= 4 is 11.3 Å². The van der Waals surface area contributed by atoms with Crippen LogP contribution >= 0.6 is 11.3 Å². The number of rotatable bonds is 6. The van der Waals surface area contributed by atoms with E-state index in [-0.39, 0.29) is 0 Å². The summed E-state index contributed by atoms with van der Waals surface area (Å²) in [6.45, 7) is 3.20. The minimum atomic E-state index is 0.296. The molecule has 0 spiro atoms. The Morgan fingerprint density at radius 1 is 1.56 bits per heavy atom. The van der Waals surface area contributed by atoms with E-state index in [1.807, 2.05) is 12.4 Å². The monoisotopic (exact) mass is 235 g/mol. The van der Waals surface area contributed by atoms with Gasteiger partial charge in [-0.05, 0) is 41.8 Å². The second-order valence-corrected chi connectivity index (χ2v) is 4.60. The molecule has 0 bridgehead atoms. The minimum absolute atomic E-state index is 0.296. The van der Waals surface area contributed by atoms with Gasteiger partial charge < -0.3 is 10.3 Å². The Kier molecular flexibility index (Phi) is 4.13. The van der Waals surface area contributed by atoms with Gasteiger partial charge in [0.2, 0.25) is 0 Å². The molecule has 4 heteroatoms. The highest BCUT2D eigenvalue weighted by Gasteiger charge is 2.13. The summed E-state index contributed by atoms with van der Waals surface area (Å²) in [5, 5.41) is 7.84. The Morgan fingerprint density at radius 2 is 2.50 bits per heavy atom. The Bertz CT molecular complexity index is 380. The number of aromatic amines is 1. The van der Waals surface area contributed by atoms with Gasteiger partial charge in [-0.2, -0.15) is 11.3 Å². The molecule has 3 nitrogen and oxygen atoms in total. The molecule has 0 fully saturated rings. The molecule has 2 N–H and O–H groups in total. The zero-order valence-corrected chi connectivity index (χ0v) is 10.3. The van der Waals surface area contributed by atoms with Crippen LogP contribution in [-0.4, -0.2) is 16.5 Å². The Hall–Kier alpha value is -1.13. The van der Waals surface area contributed by atoms with Crippen molar-refractivity contribution in [1.82, 2.24) is 15.3 Å².